The zero-order chi connectivity index (χ0) is 19.7. The van der Waals surface area contributed by atoms with Gasteiger partial charge in [0.1, 0.15) is 11.6 Å². The van der Waals surface area contributed by atoms with E-state index in [2.05, 4.69) is 25.8 Å². The molecule has 0 saturated heterocycles. The monoisotopic (exact) mass is 377 g/mol. The second kappa shape index (κ2) is 7.18. The maximum Gasteiger partial charge on any atom is 0.278 e. The Balaban J connectivity index is 1.62. The number of carbonyl (C=O) groups is 1. The van der Waals surface area contributed by atoms with Gasteiger partial charge in [0.15, 0.2) is 11.5 Å². The smallest absolute Gasteiger partial charge is 0.278 e. The maximum absolute atomic E-state index is 12.9. The SMILES string of the molecule is CC(C)C(C(=O)NCc1nnc2ccccn12)n1nnc2ccccc2c1=O. The zero-order valence-corrected chi connectivity index (χ0v) is 15.5. The first-order valence-electron chi connectivity index (χ1n) is 8.97. The third-order valence-corrected chi connectivity index (χ3v) is 4.56. The van der Waals surface area contributed by atoms with Crippen molar-refractivity contribution >= 4 is 22.5 Å². The molecule has 0 aliphatic rings. The molecule has 9 heteroatoms. The first kappa shape index (κ1) is 17.8. The number of rotatable bonds is 5. The van der Waals surface area contributed by atoms with E-state index in [9.17, 15) is 9.59 Å². The lowest BCUT2D eigenvalue weighted by Crippen LogP contribution is -2.41. The van der Waals surface area contributed by atoms with E-state index in [1.165, 1.54) is 0 Å². The fraction of sp³-hybridized carbons (Fsp3) is 0.263. The molecule has 9 nitrogen and oxygen atoms in total. The quantitative estimate of drug-likeness (QED) is 0.563. The normalized spacial score (nSPS) is 12.5. The molecule has 0 spiro atoms. The standard InChI is InChI=1S/C19H19N7O2/c1-12(2)17(26-19(28)13-7-3-4-8-14(13)21-24-26)18(27)20-11-16-23-22-15-9-5-6-10-25(15)16/h3-10,12,17H,11H2,1-2H3,(H,20,27). The van der Waals surface area contributed by atoms with Gasteiger partial charge in [0.25, 0.3) is 5.56 Å². The van der Waals surface area contributed by atoms with Crippen molar-refractivity contribution < 1.29 is 4.79 Å². The van der Waals surface area contributed by atoms with Crippen LogP contribution in [0, 0.1) is 5.92 Å². The van der Waals surface area contributed by atoms with Crippen molar-refractivity contribution in [2.45, 2.75) is 26.4 Å². The summed E-state index contributed by atoms with van der Waals surface area (Å²) < 4.78 is 2.96. The molecule has 3 heterocycles. The average Bonchev–Trinajstić information content (AvgIpc) is 3.11. The van der Waals surface area contributed by atoms with Crippen molar-refractivity contribution in [2.24, 2.45) is 5.92 Å². The number of pyridine rings is 1. The molecule has 1 atom stereocenters. The first-order chi connectivity index (χ1) is 13.6. The Morgan fingerprint density at radius 2 is 1.86 bits per heavy atom. The van der Waals surface area contributed by atoms with Crippen LogP contribution >= 0.6 is 0 Å². The molecule has 142 valence electrons. The lowest BCUT2D eigenvalue weighted by molar-refractivity contribution is -0.126. The summed E-state index contributed by atoms with van der Waals surface area (Å²) in [7, 11) is 0. The Bertz CT molecular complexity index is 1210. The number of carbonyl (C=O) groups excluding carboxylic acids is 1. The Hall–Kier alpha value is -3.62. The highest BCUT2D eigenvalue weighted by Gasteiger charge is 2.27. The Kier molecular flexibility index (Phi) is 4.56. The van der Waals surface area contributed by atoms with E-state index in [1.807, 2.05) is 38.2 Å². The van der Waals surface area contributed by atoms with E-state index >= 15 is 0 Å². The number of hydrogen-bond donors (Lipinski definition) is 1. The van der Waals surface area contributed by atoms with Crippen LogP contribution in [0.1, 0.15) is 25.7 Å². The van der Waals surface area contributed by atoms with E-state index in [4.69, 9.17) is 0 Å². The number of aromatic nitrogens is 6. The van der Waals surface area contributed by atoms with Crippen LogP contribution in [0.15, 0.2) is 53.5 Å². The molecule has 0 saturated carbocycles. The van der Waals surface area contributed by atoms with Crippen LogP contribution in [0.25, 0.3) is 16.6 Å². The van der Waals surface area contributed by atoms with Crippen molar-refractivity contribution in [3.05, 3.63) is 64.8 Å². The molecule has 0 radical (unpaired) electrons. The van der Waals surface area contributed by atoms with Gasteiger partial charge in [-0.25, -0.2) is 0 Å². The predicted octanol–water partition coefficient (Wildman–Crippen LogP) is 1.35. The van der Waals surface area contributed by atoms with Crippen LogP contribution < -0.4 is 10.9 Å². The lowest BCUT2D eigenvalue weighted by atomic mass is 10.0. The van der Waals surface area contributed by atoms with Gasteiger partial charge in [0.05, 0.1) is 11.9 Å². The molecule has 3 aromatic heterocycles. The van der Waals surface area contributed by atoms with Crippen molar-refractivity contribution in [2.75, 3.05) is 0 Å². The van der Waals surface area contributed by atoms with Gasteiger partial charge in [-0.3, -0.25) is 14.0 Å². The number of hydrogen-bond acceptors (Lipinski definition) is 6. The van der Waals surface area contributed by atoms with Crippen LogP contribution in [0.5, 0.6) is 0 Å². The van der Waals surface area contributed by atoms with E-state index in [0.29, 0.717) is 22.4 Å². The maximum atomic E-state index is 12.9. The summed E-state index contributed by atoms with van der Waals surface area (Å²) in [6.07, 6.45) is 1.83. The third-order valence-electron chi connectivity index (χ3n) is 4.56. The molecule has 4 rings (SSSR count). The molecule has 4 aromatic rings. The van der Waals surface area contributed by atoms with Gasteiger partial charge in [-0.1, -0.05) is 37.3 Å². The van der Waals surface area contributed by atoms with E-state index < -0.39 is 6.04 Å². The molecule has 0 aliphatic heterocycles. The fourth-order valence-corrected chi connectivity index (χ4v) is 3.16. The van der Waals surface area contributed by atoms with Crippen molar-refractivity contribution in [3.8, 4) is 0 Å². The van der Waals surface area contributed by atoms with Crippen molar-refractivity contribution in [1.29, 1.82) is 0 Å². The highest BCUT2D eigenvalue weighted by molar-refractivity contribution is 5.81. The summed E-state index contributed by atoms with van der Waals surface area (Å²) in [5.74, 6) is 0.112. The molecule has 1 amide bonds. The summed E-state index contributed by atoms with van der Waals surface area (Å²) in [6.45, 7) is 3.91. The van der Waals surface area contributed by atoms with Crippen molar-refractivity contribution in [1.82, 2.24) is 34.9 Å². The fourth-order valence-electron chi connectivity index (χ4n) is 3.16. The Morgan fingerprint density at radius 1 is 1.07 bits per heavy atom. The first-order valence-corrected chi connectivity index (χ1v) is 8.97. The van der Waals surface area contributed by atoms with Crippen LogP contribution in [0.4, 0.5) is 0 Å². The number of fused-ring (bicyclic) bond motifs is 2. The number of benzene rings is 1. The second-order valence-electron chi connectivity index (χ2n) is 6.81. The van der Waals surface area contributed by atoms with Crippen LogP contribution in [0.2, 0.25) is 0 Å². The number of nitrogens with zero attached hydrogens (tertiary/aromatic N) is 6. The zero-order valence-electron chi connectivity index (χ0n) is 15.5. The number of amides is 1. The largest absolute Gasteiger partial charge is 0.347 e. The molecule has 28 heavy (non-hydrogen) atoms. The summed E-state index contributed by atoms with van der Waals surface area (Å²) in [5.41, 5.74) is 0.859. The highest BCUT2D eigenvalue weighted by Crippen LogP contribution is 2.16. The van der Waals surface area contributed by atoms with Gasteiger partial charge >= 0.3 is 0 Å². The van der Waals surface area contributed by atoms with Crippen LogP contribution in [0.3, 0.4) is 0 Å². The molecular weight excluding hydrogens is 358 g/mol. The van der Waals surface area contributed by atoms with E-state index in [-0.39, 0.29) is 23.9 Å². The average molecular weight is 377 g/mol. The third kappa shape index (κ3) is 3.11. The molecule has 1 unspecified atom stereocenters. The van der Waals surface area contributed by atoms with Gasteiger partial charge in [0.2, 0.25) is 5.91 Å². The summed E-state index contributed by atoms with van der Waals surface area (Å²) in [6, 6.07) is 11.7. The van der Waals surface area contributed by atoms with Gasteiger partial charge < -0.3 is 5.32 Å². The molecule has 0 aliphatic carbocycles. The van der Waals surface area contributed by atoms with Gasteiger partial charge in [-0.05, 0) is 30.2 Å². The molecule has 1 N–H and O–H groups in total. The minimum atomic E-state index is -0.788. The molecule has 0 fully saturated rings. The minimum Gasteiger partial charge on any atom is -0.347 e. The minimum absolute atomic E-state index is 0.164. The predicted molar refractivity (Wildman–Crippen MR) is 103 cm³/mol. The Labute approximate surface area is 160 Å². The second-order valence-corrected chi connectivity index (χ2v) is 6.81. The van der Waals surface area contributed by atoms with E-state index in [1.54, 1.807) is 28.7 Å². The van der Waals surface area contributed by atoms with Gasteiger partial charge in [0, 0.05) is 6.20 Å². The molecule has 1 aromatic carbocycles. The number of nitrogens with one attached hydrogen (secondary N) is 1. The van der Waals surface area contributed by atoms with E-state index in [0.717, 1.165) is 4.68 Å². The van der Waals surface area contributed by atoms with Gasteiger partial charge in [-0.2, -0.15) is 4.68 Å². The van der Waals surface area contributed by atoms with Crippen LogP contribution in [-0.4, -0.2) is 35.5 Å². The summed E-state index contributed by atoms with van der Waals surface area (Å²) in [4.78, 5) is 25.7. The highest BCUT2D eigenvalue weighted by atomic mass is 16.2. The van der Waals surface area contributed by atoms with Gasteiger partial charge in [-0.15, -0.1) is 15.3 Å². The van der Waals surface area contributed by atoms with Crippen LogP contribution in [-0.2, 0) is 11.3 Å². The van der Waals surface area contributed by atoms with Crippen molar-refractivity contribution in [3.63, 3.8) is 0 Å². The summed E-state index contributed by atoms with van der Waals surface area (Å²) in [5, 5.41) is 19.5. The lowest BCUT2D eigenvalue weighted by Gasteiger charge is -2.21. The molecular formula is C19H19N7O2. The summed E-state index contributed by atoms with van der Waals surface area (Å²) >= 11 is 0. The Morgan fingerprint density at radius 3 is 2.68 bits per heavy atom. The molecule has 0 bridgehead atoms. The topological polar surface area (TPSA) is 107 Å².